The van der Waals surface area contributed by atoms with Crippen LogP contribution in [0.1, 0.15) is 79.7 Å². The van der Waals surface area contributed by atoms with E-state index < -0.39 is 47.7 Å². The number of Topliss-reactive ketones (excluding diaryl/α,β-unsaturated/α-hetero) is 1. The van der Waals surface area contributed by atoms with Crippen LogP contribution in [0.15, 0.2) is 30.3 Å². The van der Waals surface area contributed by atoms with Crippen LogP contribution in [0.3, 0.4) is 0 Å². The van der Waals surface area contributed by atoms with Crippen molar-refractivity contribution in [3.05, 3.63) is 35.9 Å². The van der Waals surface area contributed by atoms with Gasteiger partial charge in [-0.15, -0.1) is 0 Å². The Balaban J connectivity index is 2.58. The molecular weight excluding hydrogens is 634 g/mol. The van der Waals surface area contributed by atoms with Crippen LogP contribution in [-0.2, 0) is 35.1 Å². The van der Waals surface area contributed by atoms with Gasteiger partial charge in [-0.2, -0.15) is 0 Å². The first-order chi connectivity index (χ1) is 23.5. The molecule has 9 atom stereocenters. The number of hydrogen-bond acceptors (Lipinski definition) is 8. The van der Waals surface area contributed by atoms with E-state index in [0.29, 0.717) is 32.4 Å². The third-order valence-corrected chi connectivity index (χ3v) is 11.2. The van der Waals surface area contributed by atoms with E-state index in [4.69, 9.17) is 15.2 Å². The number of quaternary nitrogens is 1. The number of ketones is 1. The topological polar surface area (TPSA) is 140 Å². The number of ether oxygens (including phenoxy) is 2. The highest BCUT2D eigenvalue weighted by atomic mass is 16.5. The Bertz CT molecular complexity index is 1240. The highest BCUT2D eigenvalue weighted by molar-refractivity contribution is 5.91. The Morgan fingerprint density at radius 1 is 1.00 bits per heavy atom. The summed E-state index contributed by atoms with van der Waals surface area (Å²) in [6.07, 6.45) is 1.08. The first-order valence-electron chi connectivity index (χ1n) is 18.5. The van der Waals surface area contributed by atoms with Crippen molar-refractivity contribution in [2.75, 3.05) is 48.5 Å². The van der Waals surface area contributed by atoms with Crippen LogP contribution in [0.4, 0.5) is 0 Å². The molecule has 0 radical (unpaired) electrons. The first kappa shape index (κ1) is 43.5. The minimum Gasteiger partial charge on any atom is -0.378 e. The quantitative estimate of drug-likeness (QED) is 0.165. The van der Waals surface area contributed by atoms with Gasteiger partial charge in [0.15, 0.2) is 11.8 Å². The largest absolute Gasteiger partial charge is 0.378 e. The van der Waals surface area contributed by atoms with E-state index in [-0.39, 0.29) is 46.3 Å². The van der Waals surface area contributed by atoms with E-state index >= 15 is 0 Å². The van der Waals surface area contributed by atoms with Gasteiger partial charge in [-0.05, 0) is 57.8 Å². The van der Waals surface area contributed by atoms with Crippen molar-refractivity contribution in [2.24, 2.45) is 29.4 Å². The summed E-state index contributed by atoms with van der Waals surface area (Å²) in [5.74, 6) is -2.10. The van der Waals surface area contributed by atoms with Crippen molar-refractivity contribution >= 4 is 23.5 Å². The molecule has 2 rings (SSSR count). The van der Waals surface area contributed by atoms with Crippen LogP contribution >= 0.6 is 0 Å². The highest BCUT2D eigenvalue weighted by Gasteiger charge is 2.59. The monoisotopic (exact) mass is 703 g/mol. The van der Waals surface area contributed by atoms with Crippen LogP contribution in [0.5, 0.6) is 0 Å². The molecule has 4 N–H and O–H groups in total. The molecule has 0 saturated carbocycles. The summed E-state index contributed by atoms with van der Waals surface area (Å²) in [7, 11) is 8.66. The number of nitrogens with one attached hydrogen (secondary N) is 2. The zero-order valence-corrected chi connectivity index (χ0v) is 33.0. The molecule has 1 fully saturated rings. The van der Waals surface area contributed by atoms with Gasteiger partial charge in [-0.1, -0.05) is 78.8 Å². The number of nitrogens with zero attached hydrogens (tertiary/aromatic N) is 2. The minimum atomic E-state index is -1.14. The summed E-state index contributed by atoms with van der Waals surface area (Å²) < 4.78 is 12.0. The van der Waals surface area contributed by atoms with Crippen molar-refractivity contribution in [3.8, 4) is 0 Å². The van der Waals surface area contributed by atoms with Gasteiger partial charge in [-0.25, -0.2) is 9.28 Å². The molecule has 1 aromatic carbocycles. The molecule has 11 nitrogen and oxygen atoms in total. The van der Waals surface area contributed by atoms with Crippen molar-refractivity contribution in [2.45, 2.75) is 116 Å². The number of benzene rings is 1. The number of likely N-dealkylation sites (N-methyl/N-ethyl adjacent to an activating group) is 2. The smallest absolute Gasteiger partial charge is 0.331 e. The molecule has 1 unspecified atom stereocenters. The minimum absolute atomic E-state index is 0.0419. The number of methoxy groups -OCH3 is 2. The number of rotatable bonds is 21. The van der Waals surface area contributed by atoms with Gasteiger partial charge < -0.3 is 25.8 Å². The lowest BCUT2D eigenvalue weighted by molar-refractivity contribution is -0.888. The predicted molar refractivity (Wildman–Crippen MR) is 198 cm³/mol. The molecule has 0 aliphatic carbocycles. The molecule has 0 spiro atoms. The average Bonchev–Trinajstić information content (AvgIpc) is 3.55. The molecule has 1 aliphatic heterocycles. The van der Waals surface area contributed by atoms with Gasteiger partial charge in [0.2, 0.25) is 5.91 Å². The molecule has 1 aliphatic rings. The normalized spacial score (nSPS) is 22.0. The lowest BCUT2D eigenvalue weighted by Gasteiger charge is -2.51. The second-order valence-corrected chi connectivity index (χ2v) is 15.5. The average molecular weight is 703 g/mol. The number of primary amides is 1. The maximum absolute atomic E-state index is 15.0. The molecular formula is C39H68N5O6+. The van der Waals surface area contributed by atoms with E-state index in [1.165, 1.54) is 0 Å². The molecule has 1 saturated heterocycles. The summed E-state index contributed by atoms with van der Waals surface area (Å²) in [6, 6.07) is 8.00. The lowest BCUT2D eigenvalue weighted by Crippen LogP contribution is -2.75. The van der Waals surface area contributed by atoms with E-state index in [1.807, 2.05) is 97.9 Å². The zero-order chi connectivity index (χ0) is 38.0. The van der Waals surface area contributed by atoms with Crippen LogP contribution in [0.2, 0.25) is 0 Å². The summed E-state index contributed by atoms with van der Waals surface area (Å²) in [5, 5.41) is 6.50. The molecule has 0 aromatic heterocycles. The van der Waals surface area contributed by atoms with Gasteiger partial charge >= 0.3 is 5.91 Å². The van der Waals surface area contributed by atoms with E-state index in [2.05, 4.69) is 10.6 Å². The third kappa shape index (κ3) is 9.59. The molecule has 284 valence electrons. The zero-order valence-electron chi connectivity index (χ0n) is 33.0. The van der Waals surface area contributed by atoms with Crippen molar-refractivity contribution in [1.82, 2.24) is 15.5 Å². The number of hydrogen-bond donors (Lipinski definition) is 3. The SMILES string of the molecule is CC[C@H](C)[C@@H]([C@@H](CC(=O)[C@@]1([C@H](OC)[C@@H](C)C(=O)NCCc2ccccc2)CCCN1)OC)[N+](C)(C(=O)[C@H](C(C)C)N(C)C)[C@H](C(N)=O)C(C)C. The molecule has 0 bridgehead atoms. The number of amides is 3. The Morgan fingerprint density at radius 2 is 1.62 bits per heavy atom. The number of carbonyl (C=O) groups is 4. The summed E-state index contributed by atoms with van der Waals surface area (Å²) >= 11 is 0. The summed E-state index contributed by atoms with van der Waals surface area (Å²) in [4.78, 5) is 58.6. The Kier molecular flexibility index (Phi) is 16.7. The van der Waals surface area contributed by atoms with Gasteiger partial charge in [0.1, 0.15) is 23.7 Å². The second-order valence-electron chi connectivity index (χ2n) is 15.5. The molecule has 1 aromatic rings. The highest BCUT2D eigenvalue weighted by Crippen LogP contribution is 2.38. The number of nitrogens with two attached hydrogens (primary N) is 1. The van der Waals surface area contributed by atoms with E-state index in [0.717, 1.165) is 12.0 Å². The number of carbonyl (C=O) groups excluding carboxylic acids is 4. The molecule has 50 heavy (non-hydrogen) atoms. The Labute approximate surface area is 302 Å². The summed E-state index contributed by atoms with van der Waals surface area (Å²) in [5.41, 5.74) is 6.14. The van der Waals surface area contributed by atoms with Gasteiger partial charge in [0.05, 0.1) is 19.1 Å². The van der Waals surface area contributed by atoms with Gasteiger partial charge in [-0.3, -0.25) is 19.3 Å². The lowest BCUT2D eigenvalue weighted by atomic mass is 9.76. The van der Waals surface area contributed by atoms with Crippen molar-refractivity contribution in [1.29, 1.82) is 0 Å². The van der Waals surface area contributed by atoms with Crippen molar-refractivity contribution < 1.29 is 33.1 Å². The fourth-order valence-corrected chi connectivity index (χ4v) is 8.77. The summed E-state index contributed by atoms with van der Waals surface area (Å²) in [6.45, 7) is 14.8. The van der Waals surface area contributed by atoms with E-state index in [1.54, 1.807) is 21.1 Å². The maximum Gasteiger partial charge on any atom is 0.331 e. The van der Waals surface area contributed by atoms with E-state index in [9.17, 15) is 19.2 Å². The van der Waals surface area contributed by atoms with Gasteiger partial charge in [0, 0.05) is 39.0 Å². The fraction of sp³-hybridized carbons (Fsp3) is 0.744. The molecule has 3 amide bonds. The Morgan fingerprint density at radius 3 is 2.06 bits per heavy atom. The van der Waals surface area contributed by atoms with Crippen LogP contribution < -0.4 is 16.4 Å². The molecule has 1 heterocycles. The first-order valence-corrected chi connectivity index (χ1v) is 18.5. The van der Waals surface area contributed by atoms with Crippen LogP contribution in [-0.4, -0.2) is 117 Å². The second kappa shape index (κ2) is 19.2. The Hall–Kier alpha value is -2.70. The fourth-order valence-electron chi connectivity index (χ4n) is 8.77. The third-order valence-electron chi connectivity index (χ3n) is 11.2. The van der Waals surface area contributed by atoms with Crippen molar-refractivity contribution in [3.63, 3.8) is 0 Å². The predicted octanol–water partition coefficient (Wildman–Crippen LogP) is 3.58. The standard InChI is InChI=1S/C39H67N5O6/c1-13-27(6)34(44(10,33(26(4)5)36(40)46)38(48)32(25(2)3)43(8)9)30(49-11)24-31(45)39(21-17-22-42-39)35(50-12)28(7)37(47)41-23-20-29-18-15-14-16-19-29/h14-16,18-19,25-28,30,32-35,42H,13,17,20-24H2,1-12H3,(H2-,40,41,46,47)/p+1/t27-,28+,30+,32-,33-,34-,35+,39+,44?/m0/s1. The molecule has 11 heteroatoms. The van der Waals surface area contributed by atoms with Crippen LogP contribution in [0, 0.1) is 23.7 Å². The maximum atomic E-state index is 15.0. The van der Waals surface area contributed by atoms with Crippen LogP contribution in [0.25, 0.3) is 0 Å². The van der Waals surface area contributed by atoms with Gasteiger partial charge in [0.25, 0.3) is 5.91 Å².